The van der Waals surface area contributed by atoms with Crippen LogP contribution in [0.2, 0.25) is 0 Å². The smallest absolute Gasteiger partial charge is 0.0619 e. The number of para-hydroxylation sites is 1. The van der Waals surface area contributed by atoms with Crippen LogP contribution in [0, 0.1) is 0 Å². The minimum absolute atomic E-state index is 1.16. The van der Waals surface area contributed by atoms with Crippen LogP contribution < -0.4 is 0 Å². The lowest BCUT2D eigenvalue weighted by Crippen LogP contribution is -1.95. The highest BCUT2D eigenvalue weighted by Gasteiger charge is 2.19. The first-order chi connectivity index (χ1) is 29.2. The summed E-state index contributed by atoms with van der Waals surface area (Å²) in [5.41, 5.74) is 12.0. The molecule has 0 atom stereocenters. The van der Waals surface area contributed by atoms with Crippen molar-refractivity contribution < 1.29 is 0 Å². The first kappa shape index (κ1) is 32.6. The Morgan fingerprint density at radius 3 is 1.73 bits per heavy atom. The number of hydrogen-bond acceptors (Lipinski definition) is 1. The van der Waals surface area contributed by atoms with E-state index >= 15 is 0 Å². The Balaban J connectivity index is 0.991. The molecule has 0 saturated carbocycles. The van der Waals surface area contributed by atoms with Gasteiger partial charge in [-0.05, 0) is 111 Å². The zero-order valence-corrected chi connectivity index (χ0v) is 32.7. The molecule has 10 aromatic carbocycles. The summed E-state index contributed by atoms with van der Waals surface area (Å²) >= 11 is 1.87. The van der Waals surface area contributed by atoms with Gasteiger partial charge in [-0.3, -0.25) is 0 Å². The van der Waals surface area contributed by atoms with Crippen molar-refractivity contribution in [1.29, 1.82) is 0 Å². The lowest BCUT2D eigenvalue weighted by atomic mass is 10.00. The molecule has 0 saturated heterocycles. The highest BCUT2D eigenvalue weighted by molar-refractivity contribution is 7.25. The fourth-order valence-corrected chi connectivity index (χ4v) is 10.8. The number of thiophene rings is 1. The Hall–Kier alpha value is -7.46. The molecule has 0 aliphatic heterocycles. The number of nitrogens with zero attached hydrogens (tertiary/aromatic N) is 2. The third kappa shape index (κ3) is 4.92. The summed E-state index contributed by atoms with van der Waals surface area (Å²) in [5, 5.41) is 12.6. The molecule has 2 nitrogen and oxygen atoms in total. The van der Waals surface area contributed by atoms with E-state index in [-0.39, 0.29) is 0 Å². The molecule has 3 heteroatoms. The van der Waals surface area contributed by atoms with Crippen LogP contribution in [0.15, 0.2) is 206 Å². The average Bonchev–Trinajstić information content (AvgIpc) is 3.96. The van der Waals surface area contributed by atoms with Crippen molar-refractivity contribution in [3.63, 3.8) is 0 Å². The molecule has 0 unspecified atom stereocenters. The number of rotatable bonds is 4. The van der Waals surface area contributed by atoms with E-state index in [0.717, 1.165) is 5.69 Å². The number of benzene rings is 10. The summed E-state index contributed by atoms with van der Waals surface area (Å²) in [4.78, 5) is 0. The molecule has 0 fully saturated rings. The first-order valence-electron chi connectivity index (χ1n) is 20.2. The molecule has 0 radical (unpaired) electrons. The lowest BCUT2D eigenvalue weighted by Gasteiger charge is -2.12. The predicted molar refractivity (Wildman–Crippen MR) is 254 cm³/mol. The number of fused-ring (bicyclic) bond motifs is 12. The second-order valence-electron chi connectivity index (χ2n) is 15.7. The van der Waals surface area contributed by atoms with Gasteiger partial charge < -0.3 is 9.13 Å². The zero-order chi connectivity index (χ0) is 38.6. The minimum Gasteiger partial charge on any atom is -0.309 e. The maximum absolute atomic E-state index is 2.48. The molecule has 3 heterocycles. The summed E-state index contributed by atoms with van der Waals surface area (Å²) in [7, 11) is 0. The Bertz CT molecular complexity index is 3860. The Labute approximate surface area is 344 Å². The monoisotopic (exact) mass is 766 g/mol. The van der Waals surface area contributed by atoms with Crippen molar-refractivity contribution in [1.82, 2.24) is 9.13 Å². The topological polar surface area (TPSA) is 9.86 Å². The third-order valence-electron chi connectivity index (χ3n) is 12.5. The van der Waals surface area contributed by atoms with Gasteiger partial charge >= 0.3 is 0 Å². The molecule has 13 rings (SSSR count). The largest absolute Gasteiger partial charge is 0.309 e. The molecule has 0 N–H and O–H groups in total. The van der Waals surface area contributed by atoms with Crippen LogP contribution in [-0.2, 0) is 0 Å². The van der Waals surface area contributed by atoms with E-state index in [9.17, 15) is 0 Å². The molecule has 0 spiro atoms. The van der Waals surface area contributed by atoms with Gasteiger partial charge in [0.1, 0.15) is 0 Å². The van der Waals surface area contributed by atoms with Crippen molar-refractivity contribution in [2.24, 2.45) is 0 Å². The van der Waals surface area contributed by atoms with Gasteiger partial charge in [0.15, 0.2) is 0 Å². The maximum atomic E-state index is 2.48. The zero-order valence-electron chi connectivity index (χ0n) is 31.9. The summed E-state index contributed by atoms with van der Waals surface area (Å²) in [6.07, 6.45) is 0. The summed E-state index contributed by atoms with van der Waals surface area (Å²) in [5.74, 6) is 0. The Kier molecular flexibility index (Phi) is 6.92. The maximum Gasteiger partial charge on any atom is 0.0619 e. The van der Waals surface area contributed by atoms with Crippen LogP contribution in [0.5, 0.6) is 0 Å². The van der Waals surface area contributed by atoms with Crippen molar-refractivity contribution in [3.8, 4) is 33.6 Å². The molecule has 274 valence electrons. The van der Waals surface area contributed by atoms with E-state index < -0.39 is 0 Å². The molecule has 13 aromatic rings. The summed E-state index contributed by atoms with van der Waals surface area (Å²) < 4.78 is 7.56. The molecule has 0 bridgehead atoms. The van der Waals surface area contributed by atoms with Gasteiger partial charge in [0.25, 0.3) is 0 Å². The molecule has 0 aliphatic carbocycles. The van der Waals surface area contributed by atoms with Gasteiger partial charge in [-0.25, -0.2) is 0 Å². The van der Waals surface area contributed by atoms with Gasteiger partial charge in [0.2, 0.25) is 0 Å². The van der Waals surface area contributed by atoms with Crippen LogP contribution in [0.25, 0.3) is 119 Å². The first-order valence-corrected chi connectivity index (χ1v) is 21.1. The van der Waals surface area contributed by atoms with Crippen molar-refractivity contribution in [2.45, 2.75) is 0 Å². The van der Waals surface area contributed by atoms with Crippen molar-refractivity contribution >= 4 is 96.7 Å². The standard InChI is InChI=1S/C56H34N2S/c1-2-12-37-30-39(21-20-35(37)10-1)38-13-9-14-42(31-38)58-53-28-24-41(33-49(53)47-26-22-36-11-3-4-15-44(36)56(47)58)40-23-27-52-48(32-40)45-16-5-7-18-51(45)57(52)43-25-29-55-50(34-43)46-17-6-8-19-54(46)59-55/h1-34H. The van der Waals surface area contributed by atoms with E-state index in [2.05, 4.69) is 215 Å². The number of aromatic nitrogens is 2. The van der Waals surface area contributed by atoms with Crippen LogP contribution >= 0.6 is 11.3 Å². The van der Waals surface area contributed by atoms with E-state index in [1.165, 1.54) is 113 Å². The van der Waals surface area contributed by atoms with Gasteiger partial charge in [-0.1, -0.05) is 133 Å². The average molecular weight is 767 g/mol. The Morgan fingerprint density at radius 1 is 0.271 bits per heavy atom. The molecule has 59 heavy (non-hydrogen) atoms. The van der Waals surface area contributed by atoms with Crippen LogP contribution in [0.3, 0.4) is 0 Å². The molecule has 0 aliphatic rings. The van der Waals surface area contributed by atoms with Gasteiger partial charge in [0.05, 0.1) is 22.1 Å². The molecular formula is C56H34N2S. The molecule has 3 aromatic heterocycles. The van der Waals surface area contributed by atoms with Crippen molar-refractivity contribution in [3.05, 3.63) is 206 Å². The van der Waals surface area contributed by atoms with Crippen molar-refractivity contribution in [2.75, 3.05) is 0 Å². The van der Waals surface area contributed by atoms with Crippen LogP contribution in [0.1, 0.15) is 0 Å². The second-order valence-corrected chi connectivity index (χ2v) is 16.8. The predicted octanol–water partition coefficient (Wildman–Crippen LogP) is 15.9. The summed E-state index contributed by atoms with van der Waals surface area (Å²) in [6, 6.07) is 76.4. The van der Waals surface area contributed by atoms with Gasteiger partial charge in [-0.2, -0.15) is 0 Å². The Morgan fingerprint density at radius 2 is 0.864 bits per heavy atom. The summed E-state index contributed by atoms with van der Waals surface area (Å²) in [6.45, 7) is 0. The van der Waals surface area contributed by atoms with Crippen LogP contribution in [-0.4, -0.2) is 9.13 Å². The quantitative estimate of drug-likeness (QED) is 0.169. The van der Waals surface area contributed by atoms with Crippen LogP contribution in [0.4, 0.5) is 0 Å². The fraction of sp³-hybridized carbons (Fsp3) is 0. The molecule has 0 amide bonds. The third-order valence-corrected chi connectivity index (χ3v) is 13.6. The second kappa shape index (κ2) is 12.5. The van der Waals surface area contributed by atoms with E-state index in [1.54, 1.807) is 0 Å². The van der Waals surface area contributed by atoms with Gasteiger partial charge in [-0.15, -0.1) is 11.3 Å². The highest BCUT2D eigenvalue weighted by Crippen LogP contribution is 2.42. The van der Waals surface area contributed by atoms with E-state index in [0.29, 0.717) is 0 Å². The van der Waals surface area contributed by atoms with E-state index in [1.807, 2.05) is 11.3 Å². The fourth-order valence-electron chi connectivity index (χ4n) is 9.71. The SMILES string of the molecule is c1cc(-c2ccc3ccccc3c2)cc(-n2c3ccc(-c4ccc5c(c4)c4ccccc4n5-c4ccc5sc6ccccc6c5c4)cc3c3ccc4ccccc4c32)c1. The number of hydrogen-bond donors (Lipinski definition) is 0. The lowest BCUT2D eigenvalue weighted by molar-refractivity contribution is 1.19. The normalized spacial score (nSPS) is 12.1. The molecular weight excluding hydrogens is 733 g/mol. The minimum atomic E-state index is 1.16. The van der Waals surface area contributed by atoms with Gasteiger partial charge in [0, 0.05) is 58.5 Å². The highest BCUT2D eigenvalue weighted by atomic mass is 32.1. The van der Waals surface area contributed by atoms with E-state index in [4.69, 9.17) is 0 Å².